The molecule has 4 aromatic rings. The average molecular weight is 466 g/mol. The number of halogens is 1. The molecular weight excluding hydrogens is 438 g/mol. The lowest BCUT2D eigenvalue weighted by Crippen LogP contribution is -2.40. The molecule has 2 aromatic heterocycles. The number of carbonyl (C=O) groups is 1. The maximum absolute atomic E-state index is 12.8. The molecule has 7 nitrogen and oxygen atoms in total. The van der Waals surface area contributed by atoms with Crippen LogP contribution in [0.1, 0.15) is 50.7 Å². The molecule has 0 unspecified atom stereocenters. The fourth-order valence-electron chi connectivity index (χ4n) is 3.53. The number of hydrogen-bond acceptors (Lipinski definition) is 5. The number of nitrogens with one attached hydrogen (secondary N) is 1. The van der Waals surface area contributed by atoms with Crippen molar-refractivity contribution in [2.24, 2.45) is 5.92 Å². The van der Waals surface area contributed by atoms with Crippen molar-refractivity contribution < 1.29 is 9.53 Å². The predicted octanol–water partition coefficient (Wildman–Crippen LogP) is 5.47. The van der Waals surface area contributed by atoms with Crippen molar-refractivity contribution in [3.63, 3.8) is 0 Å². The fraction of sp³-hybridized carbons (Fsp3) is 0.360. The summed E-state index contributed by atoms with van der Waals surface area (Å²) < 4.78 is 7.80. The highest BCUT2D eigenvalue weighted by atomic mass is 35.5. The van der Waals surface area contributed by atoms with Crippen molar-refractivity contribution in [3.8, 4) is 17.1 Å². The Morgan fingerprint density at radius 3 is 2.61 bits per heavy atom. The van der Waals surface area contributed by atoms with Gasteiger partial charge in [-0.2, -0.15) is 0 Å². The summed E-state index contributed by atoms with van der Waals surface area (Å²) in [6.07, 6.45) is 0. The SMILES string of the molecule is Cc1nc2ccc(C(=O)NC(C)(C)C)cc2n2c(-c3cc(OCC(C)C)ccc3Cl)nnc12. The van der Waals surface area contributed by atoms with E-state index in [0.29, 0.717) is 45.9 Å². The van der Waals surface area contributed by atoms with E-state index in [0.717, 1.165) is 16.7 Å². The summed E-state index contributed by atoms with van der Waals surface area (Å²) in [5, 5.41) is 12.3. The average Bonchev–Trinajstić information content (AvgIpc) is 3.17. The topological polar surface area (TPSA) is 81.4 Å². The molecule has 2 heterocycles. The standard InChI is InChI=1S/C25H28ClN5O2/c1-14(2)13-33-17-8-9-19(26)18(12-17)23-30-29-22-15(3)27-20-10-7-16(11-21(20)31(22)23)24(32)28-25(4,5)6/h7-12,14H,13H2,1-6H3,(H,28,32). The van der Waals surface area contributed by atoms with Crippen molar-refractivity contribution in [1.82, 2.24) is 24.9 Å². The summed E-state index contributed by atoms with van der Waals surface area (Å²) in [6.45, 7) is 12.5. The number of aryl methyl sites for hydroxylation is 1. The van der Waals surface area contributed by atoms with Crippen LogP contribution in [0.2, 0.25) is 5.02 Å². The van der Waals surface area contributed by atoms with Crippen LogP contribution in [0.25, 0.3) is 28.1 Å². The van der Waals surface area contributed by atoms with Gasteiger partial charge in [0.25, 0.3) is 5.91 Å². The number of carbonyl (C=O) groups excluding carboxylic acids is 1. The number of hydrogen-bond donors (Lipinski definition) is 1. The molecule has 1 amide bonds. The highest BCUT2D eigenvalue weighted by molar-refractivity contribution is 6.33. The van der Waals surface area contributed by atoms with Gasteiger partial charge in [0.15, 0.2) is 11.5 Å². The first-order chi connectivity index (χ1) is 15.5. The summed E-state index contributed by atoms with van der Waals surface area (Å²) in [7, 11) is 0. The molecule has 0 atom stereocenters. The molecule has 8 heteroatoms. The van der Waals surface area contributed by atoms with E-state index in [4.69, 9.17) is 16.3 Å². The molecule has 0 aliphatic rings. The Labute approximate surface area is 198 Å². The lowest BCUT2D eigenvalue weighted by atomic mass is 10.1. The van der Waals surface area contributed by atoms with Crippen molar-refractivity contribution in [2.75, 3.05) is 6.61 Å². The van der Waals surface area contributed by atoms with E-state index in [-0.39, 0.29) is 11.4 Å². The predicted molar refractivity (Wildman–Crippen MR) is 131 cm³/mol. The number of amides is 1. The van der Waals surface area contributed by atoms with Gasteiger partial charge in [-0.1, -0.05) is 25.4 Å². The Kier molecular flexibility index (Phi) is 6.01. The minimum atomic E-state index is -0.349. The number of ether oxygens (including phenoxy) is 1. The Morgan fingerprint density at radius 1 is 1.15 bits per heavy atom. The van der Waals surface area contributed by atoms with E-state index in [1.165, 1.54) is 0 Å². The van der Waals surface area contributed by atoms with Gasteiger partial charge in [0, 0.05) is 16.7 Å². The molecule has 0 saturated carbocycles. The van der Waals surface area contributed by atoms with Crippen molar-refractivity contribution >= 4 is 34.2 Å². The largest absolute Gasteiger partial charge is 0.493 e. The Morgan fingerprint density at radius 2 is 1.91 bits per heavy atom. The highest BCUT2D eigenvalue weighted by Gasteiger charge is 2.20. The minimum absolute atomic E-state index is 0.158. The molecule has 0 aliphatic carbocycles. The normalized spacial score (nSPS) is 12.0. The number of nitrogens with zero attached hydrogens (tertiary/aromatic N) is 4. The molecule has 172 valence electrons. The minimum Gasteiger partial charge on any atom is -0.493 e. The van der Waals surface area contributed by atoms with E-state index in [1.807, 2.05) is 56.4 Å². The lowest BCUT2D eigenvalue weighted by Gasteiger charge is -2.20. The van der Waals surface area contributed by atoms with Crippen molar-refractivity contribution in [2.45, 2.75) is 47.1 Å². The maximum Gasteiger partial charge on any atom is 0.251 e. The Bertz CT molecular complexity index is 1350. The summed E-state index contributed by atoms with van der Waals surface area (Å²) in [6, 6.07) is 10.9. The molecule has 33 heavy (non-hydrogen) atoms. The van der Waals surface area contributed by atoms with Gasteiger partial charge in [-0.05, 0) is 70.0 Å². The van der Waals surface area contributed by atoms with Crippen molar-refractivity contribution in [1.29, 1.82) is 0 Å². The third-order valence-electron chi connectivity index (χ3n) is 5.00. The fourth-order valence-corrected chi connectivity index (χ4v) is 3.73. The Balaban J connectivity index is 1.90. The number of aromatic nitrogens is 4. The molecule has 2 aromatic carbocycles. The smallest absolute Gasteiger partial charge is 0.251 e. The van der Waals surface area contributed by atoms with Gasteiger partial charge in [0.1, 0.15) is 5.75 Å². The van der Waals surface area contributed by atoms with Gasteiger partial charge in [-0.3, -0.25) is 9.20 Å². The molecular formula is C25H28ClN5O2. The first kappa shape index (κ1) is 23.0. The molecule has 1 N–H and O–H groups in total. The van der Waals surface area contributed by atoms with E-state index >= 15 is 0 Å². The zero-order chi connectivity index (χ0) is 23.9. The van der Waals surface area contributed by atoms with E-state index < -0.39 is 0 Å². The van der Waals surface area contributed by atoms with Crippen LogP contribution >= 0.6 is 11.6 Å². The molecule has 0 saturated heterocycles. The first-order valence-corrected chi connectivity index (χ1v) is 11.3. The number of benzene rings is 2. The van der Waals surface area contributed by atoms with Crippen LogP contribution in [0.3, 0.4) is 0 Å². The number of rotatable bonds is 5. The second-order valence-electron chi connectivity index (χ2n) is 9.63. The second kappa shape index (κ2) is 8.63. The van der Waals surface area contributed by atoms with E-state index in [9.17, 15) is 4.79 Å². The molecule has 0 spiro atoms. The maximum atomic E-state index is 12.8. The van der Waals surface area contributed by atoms with Crippen LogP contribution in [0.4, 0.5) is 0 Å². The molecule has 0 fully saturated rings. The summed E-state index contributed by atoms with van der Waals surface area (Å²) in [5.41, 5.74) is 3.68. The van der Waals surface area contributed by atoms with Gasteiger partial charge in [0.2, 0.25) is 0 Å². The lowest BCUT2D eigenvalue weighted by molar-refractivity contribution is 0.0919. The van der Waals surface area contributed by atoms with Gasteiger partial charge >= 0.3 is 0 Å². The summed E-state index contributed by atoms with van der Waals surface area (Å²) >= 11 is 6.58. The van der Waals surface area contributed by atoms with Crippen LogP contribution in [-0.2, 0) is 0 Å². The van der Waals surface area contributed by atoms with Crippen molar-refractivity contribution in [3.05, 3.63) is 52.7 Å². The van der Waals surface area contributed by atoms with Crippen LogP contribution in [0.15, 0.2) is 36.4 Å². The molecule has 0 bridgehead atoms. The van der Waals surface area contributed by atoms with Crippen LogP contribution < -0.4 is 10.1 Å². The van der Waals surface area contributed by atoms with E-state index in [1.54, 1.807) is 12.1 Å². The molecule has 0 aliphatic heterocycles. The Hall–Kier alpha value is -3.19. The second-order valence-corrected chi connectivity index (χ2v) is 10.0. The van der Waals surface area contributed by atoms with Crippen LogP contribution in [0.5, 0.6) is 5.75 Å². The van der Waals surface area contributed by atoms with Gasteiger partial charge in [-0.25, -0.2) is 4.98 Å². The first-order valence-electron chi connectivity index (χ1n) is 10.9. The highest BCUT2D eigenvalue weighted by Crippen LogP contribution is 2.33. The summed E-state index contributed by atoms with van der Waals surface area (Å²) in [5.74, 6) is 1.51. The van der Waals surface area contributed by atoms with Crippen LogP contribution in [0, 0.1) is 12.8 Å². The third-order valence-corrected chi connectivity index (χ3v) is 5.33. The summed E-state index contributed by atoms with van der Waals surface area (Å²) in [4.78, 5) is 17.5. The number of fused-ring (bicyclic) bond motifs is 3. The van der Waals surface area contributed by atoms with Crippen LogP contribution in [-0.4, -0.2) is 37.6 Å². The van der Waals surface area contributed by atoms with Gasteiger partial charge in [-0.15, -0.1) is 10.2 Å². The quantitative estimate of drug-likeness (QED) is 0.422. The monoisotopic (exact) mass is 465 g/mol. The van der Waals surface area contributed by atoms with Gasteiger partial charge in [0.05, 0.1) is 28.4 Å². The third kappa shape index (κ3) is 4.78. The molecule has 4 rings (SSSR count). The zero-order valence-corrected chi connectivity index (χ0v) is 20.5. The van der Waals surface area contributed by atoms with E-state index in [2.05, 4.69) is 34.3 Å². The van der Waals surface area contributed by atoms with Gasteiger partial charge < -0.3 is 10.1 Å². The zero-order valence-electron chi connectivity index (χ0n) is 19.7. The molecule has 0 radical (unpaired) electrons.